The lowest BCUT2D eigenvalue weighted by molar-refractivity contribution is -0.145. The largest absolute Gasteiger partial charge is 0.465 e. The van der Waals surface area contributed by atoms with Crippen LogP contribution in [0.25, 0.3) is 0 Å². The smallest absolute Gasteiger partial charge is 0.320 e. The summed E-state index contributed by atoms with van der Waals surface area (Å²) in [6.07, 6.45) is 11.0. The molecular formula is C18H32N2O3. The summed E-state index contributed by atoms with van der Waals surface area (Å²) in [4.78, 5) is 27.4. The first-order valence-corrected chi connectivity index (χ1v) is 9.00. The Labute approximate surface area is 140 Å². The van der Waals surface area contributed by atoms with Crippen molar-refractivity contribution in [1.82, 2.24) is 9.80 Å². The van der Waals surface area contributed by atoms with E-state index in [0.717, 1.165) is 25.9 Å². The highest BCUT2D eigenvalue weighted by Gasteiger charge is 2.21. The lowest BCUT2D eigenvalue weighted by Gasteiger charge is -2.33. The van der Waals surface area contributed by atoms with Gasteiger partial charge in [0.25, 0.3) is 0 Å². The standard InChI is InChI=1S/C18H32N2O3/c1-3-5-6-7-8-9-10-11-17(21)20-14-12-19(13-15-20)16-18(22)23-4-2/h10-11H,3-9,12-16H2,1-2H3/b11-10+. The monoisotopic (exact) mass is 324 g/mol. The molecular weight excluding hydrogens is 292 g/mol. The number of piperazine rings is 1. The van der Waals surface area contributed by atoms with Crippen LogP contribution in [0.4, 0.5) is 0 Å². The van der Waals surface area contributed by atoms with Gasteiger partial charge in [0.2, 0.25) is 5.91 Å². The van der Waals surface area contributed by atoms with Crippen molar-refractivity contribution in [2.24, 2.45) is 0 Å². The van der Waals surface area contributed by atoms with Crippen LogP contribution in [0.3, 0.4) is 0 Å². The fourth-order valence-corrected chi connectivity index (χ4v) is 2.67. The van der Waals surface area contributed by atoms with E-state index in [1.54, 1.807) is 6.08 Å². The van der Waals surface area contributed by atoms with Gasteiger partial charge in [-0.3, -0.25) is 14.5 Å². The molecule has 0 N–H and O–H groups in total. The topological polar surface area (TPSA) is 49.9 Å². The quantitative estimate of drug-likeness (QED) is 0.352. The molecule has 0 aromatic rings. The van der Waals surface area contributed by atoms with Crippen molar-refractivity contribution in [3.8, 4) is 0 Å². The SMILES string of the molecule is CCCCCCC/C=C/C(=O)N1CCN(CC(=O)OCC)CC1. The van der Waals surface area contributed by atoms with Gasteiger partial charge in [-0.2, -0.15) is 0 Å². The van der Waals surface area contributed by atoms with Gasteiger partial charge in [0, 0.05) is 26.2 Å². The van der Waals surface area contributed by atoms with Crippen molar-refractivity contribution >= 4 is 11.9 Å². The Hall–Kier alpha value is -1.36. The lowest BCUT2D eigenvalue weighted by Crippen LogP contribution is -2.49. The first-order valence-electron chi connectivity index (χ1n) is 9.00. The number of nitrogens with zero attached hydrogens (tertiary/aromatic N) is 2. The van der Waals surface area contributed by atoms with Crippen LogP contribution in [0.2, 0.25) is 0 Å². The summed E-state index contributed by atoms with van der Waals surface area (Å²) >= 11 is 0. The van der Waals surface area contributed by atoms with Gasteiger partial charge in [-0.25, -0.2) is 0 Å². The maximum atomic E-state index is 12.1. The third-order valence-electron chi connectivity index (χ3n) is 4.08. The summed E-state index contributed by atoms with van der Waals surface area (Å²) in [5, 5.41) is 0. The van der Waals surface area contributed by atoms with Crippen molar-refractivity contribution in [3.05, 3.63) is 12.2 Å². The third-order valence-corrected chi connectivity index (χ3v) is 4.08. The molecule has 0 aromatic heterocycles. The maximum absolute atomic E-state index is 12.1. The lowest BCUT2D eigenvalue weighted by atomic mass is 10.1. The molecule has 0 aliphatic carbocycles. The van der Waals surface area contributed by atoms with Crippen molar-refractivity contribution in [2.75, 3.05) is 39.3 Å². The number of hydrogen-bond acceptors (Lipinski definition) is 4. The van der Waals surface area contributed by atoms with Crippen LogP contribution in [0.5, 0.6) is 0 Å². The van der Waals surface area contributed by atoms with Gasteiger partial charge in [-0.1, -0.05) is 38.7 Å². The summed E-state index contributed by atoms with van der Waals surface area (Å²) in [7, 11) is 0. The summed E-state index contributed by atoms with van der Waals surface area (Å²) in [5.74, 6) is -0.0930. The molecule has 0 radical (unpaired) electrons. The van der Waals surface area contributed by atoms with Crippen molar-refractivity contribution in [3.63, 3.8) is 0 Å². The molecule has 0 bridgehead atoms. The molecule has 0 atom stereocenters. The van der Waals surface area contributed by atoms with Gasteiger partial charge in [0.1, 0.15) is 0 Å². The Kier molecular flexibility index (Phi) is 10.4. The Morgan fingerprint density at radius 2 is 1.70 bits per heavy atom. The zero-order valence-corrected chi connectivity index (χ0v) is 14.8. The molecule has 0 aromatic carbocycles. The molecule has 1 aliphatic rings. The third kappa shape index (κ3) is 8.74. The molecule has 132 valence electrons. The van der Waals surface area contributed by atoms with Crippen LogP contribution < -0.4 is 0 Å². The van der Waals surface area contributed by atoms with Crippen LogP contribution in [-0.4, -0.2) is 61.0 Å². The highest BCUT2D eigenvalue weighted by atomic mass is 16.5. The minimum absolute atomic E-state index is 0.0920. The van der Waals surface area contributed by atoms with Crippen molar-refractivity contribution in [2.45, 2.75) is 52.4 Å². The average molecular weight is 324 g/mol. The fourth-order valence-electron chi connectivity index (χ4n) is 2.67. The summed E-state index contributed by atoms with van der Waals surface area (Å²) < 4.78 is 4.95. The fraction of sp³-hybridized carbons (Fsp3) is 0.778. The zero-order chi connectivity index (χ0) is 16.9. The van der Waals surface area contributed by atoms with Gasteiger partial charge in [0.05, 0.1) is 13.2 Å². The Bertz CT molecular complexity index is 374. The van der Waals surface area contributed by atoms with E-state index >= 15 is 0 Å². The first-order chi connectivity index (χ1) is 11.2. The molecule has 1 amide bonds. The van der Waals surface area contributed by atoms with Gasteiger partial charge < -0.3 is 9.64 Å². The van der Waals surface area contributed by atoms with Gasteiger partial charge in [0.15, 0.2) is 0 Å². The number of ether oxygens (including phenoxy) is 1. The highest BCUT2D eigenvalue weighted by molar-refractivity contribution is 5.87. The Morgan fingerprint density at radius 1 is 1.00 bits per heavy atom. The number of carbonyl (C=O) groups excluding carboxylic acids is 2. The molecule has 1 saturated heterocycles. The van der Waals surface area contributed by atoms with Crippen LogP contribution in [-0.2, 0) is 14.3 Å². The number of hydrogen-bond donors (Lipinski definition) is 0. The molecule has 0 unspecified atom stereocenters. The Balaban J connectivity index is 2.15. The van der Waals surface area contributed by atoms with Crippen molar-refractivity contribution in [1.29, 1.82) is 0 Å². The van der Waals surface area contributed by atoms with Crippen molar-refractivity contribution < 1.29 is 14.3 Å². The number of rotatable bonds is 10. The van der Waals surface area contributed by atoms with Crippen LogP contribution in [0.15, 0.2) is 12.2 Å². The summed E-state index contributed by atoms with van der Waals surface area (Å²) in [6, 6.07) is 0. The molecule has 1 heterocycles. The number of unbranched alkanes of at least 4 members (excludes halogenated alkanes) is 5. The number of carbonyl (C=O) groups is 2. The average Bonchev–Trinajstić information content (AvgIpc) is 2.54. The molecule has 1 aliphatic heterocycles. The summed E-state index contributed by atoms with van der Waals surface area (Å²) in [6.45, 7) is 7.59. The van der Waals surface area contributed by atoms with E-state index in [1.807, 2.05) is 22.8 Å². The minimum atomic E-state index is -0.185. The van der Waals surface area contributed by atoms with E-state index in [4.69, 9.17) is 4.74 Å². The van der Waals surface area contributed by atoms with Gasteiger partial charge in [-0.05, 0) is 25.8 Å². The van der Waals surface area contributed by atoms with E-state index in [1.165, 1.54) is 25.7 Å². The normalized spacial score (nSPS) is 16.0. The predicted octanol–water partition coefficient (Wildman–Crippen LogP) is 2.61. The first kappa shape index (κ1) is 19.7. The molecule has 5 nitrogen and oxygen atoms in total. The van der Waals surface area contributed by atoms with E-state index < -0.39 is 0 Å². The Morgan fingerprint density at radius 3 is 2.35 bits per heavy atom. The maximum Gasteiger partial charge on any atom is 0.320 e. The molecule has 5 heteroatoms. The number of esters is 1. The minimum Gasteiger partial charge on any atom is -0.465 e. The molecule has 1 fully saturated rings. The van der Waals surface area contributed by atoms with E-state index in [9.17, 15) is 9.59 Å². The van der Waals surface area contributed by atoms with E-state index in [2.05, 4.69) is 6.92 Å². The van der Waals surface area contributed by atoms with E-state index in [0.29, 0.717) is 26.2 Å². The second-order valence-corrected chi connectivity index (χ2v) is 6.01. The van der Waals surface area contributed by atoms with Crippen LogP contribution >= 0.6 is 0 Å². The second-order valence-electron chi connectivity index (χ2n) is 6.01. The van der Waals surface area contributed by atoms with Crippen LogP contribution in [0.1, 0.15) is 52.4 Å². The molecule has 0 saturated carbocycles. The number of amides is 1. The molecule has 23 heavy (non-hydrogen) atoms. The van der Waals surface area contributed by atoms with Crippen LogP contribution in [0, 0.1) is 0 Å². The van der Waals surface area contributed by atoms with Gasteiger partial charge in [-0.15, -0.1) is 0 Å². The zero-order valence-electron chi connectivity index (χ0n) is 14.8. The molecule has 0 spiro atoms. The van der Waals surface area contributed by atoms with Gasteiger partial charge >= 0.3 is 5.97 Å². The highest BCUT2D eigenvalue weighted by Crippen LogP contribution is 2.07. The summed E-state index contributed by atoms with van der Waals surface area (Å²) in [5.41, 5.74) is 0. The number of allylic oxidation sites excluding steroid dienone is 1. The predicted molar refractivity (Wildman–Crippen MR) is 92.2 cm³/mol. The molecule has 1 rings (SSSR count). The van der Waals surface area contributed by atoms with E-state index in [-0.39, 0.29) is 11.9 Å². The second kappa shape index (κ2) is 12.1.